The Kier molecular flexibility index (Phi) is 1.91. The van der Waals surface area contributed by atoms with E-state index in [1.54, 1.807) is 12.3 Å². The van der Waals surface area contributed by atoms with E-state index < -0.39 is 0 Å². The minimum absolute atomic E-state index is 0.165. The second-order valence-electron chi connectivity index (χ2n) is 3.19. The van der Waals surface area contributed by atoms with Gasteiger partial charge in [-0.05, 0) is 0 Å². The van der Waals surface area contributed by atoms with Crippen LogP contribution < -0.4 is 4.30 Å². The van der Waals surface area contributed by atoms with Crippen molar-refractivity contribution in [2.24, 2.45) is 0 Å². The van der Waals surface area contributed by atoms with Gasteiger partial charge in [0.2, 0.25) is 0 Å². The van der Waals surface area contributed by atoms with E-state index in [4.69, 9.17) is 0 Å². The van der Waals surface area contributed by atoms with Crippen molar-refractivity contribution < 1.29 is 0 Å². The zero-order valence-electron chi connectivity index (χ0n) is 7.68. The van der Waals surface area contributed by atoms with E-state index in [9.17, 15) is 4.79 Å². The number of rotatable bonds is 0. The first kappa shape index (κ1) is 8.77. The van der Waals surface area contributed by atoms with Crippen molar-refractivity contribution in [1.82, 2.24) is 9.97 Å². The van der Waals surface area contributed by atoms with Crippen LogP contribution in [0.25, 0.3) is 20.8 Å². The summed E-state index contributed by atoms with van der Waals surface area (Å²) in [5.74, 6) is 0. The molecule has 0 aromatic carbocycles. The molecule has 0 aliphatic heterocycles. The average molecular weight is 261 g/mol. The fourth-order valence-corrected chi connectivity index (χ4v) is 2.97. The molecule has 0 bridgehead atoms. The Labute approximate surface area is 91.2 Å². The van der Waals surface area contributed by atoms with Crippen molar-refractivity contribution in [1.29, 1.82) is 0 Å². The molecule has 0 amide bonds. The number of pyridine rings is 2. The first-order valence-corrected chi connectivity index (χ1v) is 6.20. The van der Waals surface area contributed by atoms with Gasteiger partial charge in [0.05, 0.1) is 0 Å². The van der Waals surface area contributed by atoms with Crippen LogP contribution in [0.2, 0.25) is 0 Å². The Bertz CT molecular complexity index is 705. The van der Waals surface area contributed by atoms with Gasteiger partial charge >= 0.3 is 90.9 Å². The number of nitrogens with zero attached hydrogens (tertiary/aromatic N) is 2. The summed E-state index contributed by atoms with van der Waals surface area (Å²) in [5, 5.41) is 2.07. The molecule has 0 atom stereocenters. The molecule has 15 heavy (non-hydrogen) atoms. The van der Waals surface area contributed by atoms with E-state index in [1.807, 2.05) is 24.3 Å². The Morgan fingerprint density at radius 2 is 2.07 bits per heavy atom. The van der Waals surface area contributed by atoms with Gasteiger partial charge in [0.1, 0.15) is 0 Å². The Morgan fingerprint density at radius 1 is 1.13 bits per heavy atom. The monoisotopic (exact) mass is 262 g/mol. The van der Waals surface area contributed by atoms with Gasteiger partial charge in [-0.15, -0.1) is 0 Å². The fourth-order valence-electron chi connectivity index (χ4n) is 1.49. The molecule has 0 aliphatic carbocycles. The van der Waals surface area contributed by atoms with Crippen LogP contribution in [-0.4, -0.2) is 24.5 Å². The molecule has 72 valence electrons. The summed E-state index contributed by atoms with van der Waals surface area (Å²) in [7, 11) is 0. The molecule has 0 unspecified atom stereocenters. The van der Waals surface area contributed by atoms with Crippen molar-refractivity contribution in [3.05, 3.63) is 45.6 Å². The van der Waals surface area contributed by atoms with Gasteiger partial charge in [-0.1, -0.05) is 0 Å². The second-order valence-corrected chi connectivity index (χ2v) is 5.27. The Hall–Kier alpha value is -1.51. The van der Waals surface area contributed by atoms with E-state index in [2.05, 4.69) is 9.97 Å². The molecule has 0 saturated heterocycles. The third-order valence-corrected chi connectivity index (χ3v) is 3.98. The number of aromatic nitrogens is 2. The fraction of sp³-hybridized carbons (Fsp3) is 0. The molecule has 3 aromatic rings. The van der Waals surface area contributed by atoms with Crippen LogP contribution >= 0.6 is 0 Å². The zero-order chi connectivity index (χ0) is 10.3. The maximum atomic E-state index is 11.2. The van der Waals surface area contributed by atoms with Gasteiger partial charge in [-0.3, -0.25) is 0 Å². The predicted octanol–water partition coefficient (Wildman–Crippen LogP) is 1.20. The normalized spacial score (nSPS) is 10.9. The molecular formula is C11H6N2OSe. The van der Waals surface area contributed by atoms with E-state index in [0.717, 1.165) is 20.8 Å². The molecular weight excluding hydrogens is 255 g/mol. The number of fused-ring (bicyclic) bond motifs is 2. The standard InChI is InChI=1S/C11H6N2OSe/c14-9-4-3-8-6-7-2-1-5-12-10(7)13-11(8)15-9/h1-6H. The summed E-state index contributed by atoms with van der Waals surface area (Å²) in [5.41, 5.74) is 0.723. The van der Waals surface area contributed by atoms with Gasteiger partial charge in [-0.25, -0.2) is 0 Å². The molecule has 4 heteroatoms. The summed E-state index contributed by atoms with van der Waals surface area (Å²) in [4.78, 5) is 19.8. The van der Waals surface area contributed by atoms with Crippen LogP contribution in [0.5, 0.6) is 0 Å². The molecule has 0 spiro atoms. The second kappa shape index (κ2) is 3.26. The van der Waals surface area contributed by atoms with E-state index in [-0.39, 0.29) is 18.8 Å². The third-order valence-electron chi connectivity index (χ3n) is 2.18. The molecule has 3 rings (SSSR count). The molecule has 3 aromatic heterocycles. The maximum absolute atomic E-state index is 11.2. The summed E-state index contributed by atoms with van der Waals surface area (Å²) >= 11 is -0.185. The van der Waals surface area contributed by atoms with Gasteiger partial charge in [0, 0.05) is 0 Å². The molecule has 0 saturated carbocycles. The molecule has 0 fully saturated rings. The Morgan fingerprint density at radius 3 is 3.00 bits per heavy atom. The zero-order valence-corrected chi connectivity index (χ0v) is 9.39. The van der Waals surface area contributed by atoms with Gasteiger partial charge < -0.3 is 0 Å². The molecule has 3 heterocycles. The molecule has 3 nitrogen and oxygen atoms in total. The van der Waals surface area contributed by atoms with Crippen molar-refractivity contribution in [2.75, 3.05) is 0 Å². The number of hydrogen-bond donors (Lipinski definition) is 0. The summed E-state index contributed by atoms with van der Waals surface area (Å²) in [6.07, 6.45) is 1.72. The van der Waals surface area contributed by atoms with Crippen molar-refractivity contribution >= 4 is 35.3 Å². The van der Waals surface area contributed by atoms with Crippen LogP contribution in [-0.2, 0) is 0 Å². The van der Waals surface area contributed by atoms with Crippen molar-refractivity contribution in [3.8, 4) is 0 Å². The molecule has 0 radical (unpaired) electrons. The van der Waals surface area contributed by atoms with Crippen molar-refractivity contribution in [2.45, 2.75) is 0 Å². The average Bonchev–Trinajstić information content (AvgIpc) is 2.26. The molecule has 0 N–H and O–H groups in total. The number of hydrogen-bond acceptors (Lipinski definition) is 3. The van der Waals surface area contributed by atoms with E-state index in [0.29, 0.717) is 0 Å². The van der Waals surface area contributed by atoms with E-state index >= 15 is 0 Å². The van der Waals surface area contributed by atoms with Gasteiger partial charge in [-0.2, -0.15) is 0 Å². The van der Waals surface area contributed by atoms with Gasteiger partial charge in [0.25, 0.3) is 0 Å². The topological polar surface area (TPSA) is 42.9 Å². The molecule has 0 aliphatic rings. The Balaban J connectivity index is 2.53. The van der Waals surface area contributed by atoms with Gasteiger partial charge in [0.15, 0.2) is 0 Å². The van der Waals surface area contributed by atoms with Crippen LogP contribution in [0, 0.1) is 0 Å². The first-order valence-electron chi connectivity index (χ1n) is 4.48. The van der Waals surface area contributed by atoms with E-state index in [1.165, 1.54) is 0 Å². The summed E-state index contributed by atoms with van der Waals surface area (Å²) in [6.45, 7) is 0. The van der Waals surface area contributed by atoms with Crippen LogP contribution in [0.1, 0.15) is 0 Å². The predicted molar refractivity (Wildman–Crippen MR) is 60.3 cm³/mol. The van der Waals surface area contributed by atoms with Crippen LogP contribution in [0.3, 0.4) is 0 Å². The minimum atomic E-state index is -0.185. The quantitative estimate of drug-likeness (QED) is 0.451. The van der Waals surface area contributed by atoms with Crippen molar-refractivity contribution in [3.63, 3.8) is 0 Å². The third kappa shape index (κ3) is 1.48. The summed E-state index contributed by atoms with van der Waals surface area (Å²) in [6, 6.07) is 9.37. The van der Waals surface area contributed by atoms with Crippen LogP contribution in [0.15, 0.2) is 41.3 Å². The summed E-state index contributed by atoms with van der Waals surface area (Å²) < 4.78 is 1.05. The SMILES string of the molecule is O=c1ccc2cc3cccnc3nc2[se]1. The first-order chi connectivity index (χ1) is 7.33. The van der Waals surface area contributed by atoms with Crippen LogP contribution in [0.4, 0.5) is 0 Å².